The number of nitrogens with zero attached hydrogens (tertiary/aromatic N) is 2. The Bertz CT molecular complexity index is 1240. The van der Waals surface area contributed by atoms with Gasteiger partial charge in [0.15, 0.2) is 4.80 Å². The lowest BCUT2D eigenvalue weighted by atomic mass is 10.1. The smallest absolute Gasteiger partial charge is 0.282 e. The van der Waals surface area contributed by atoms with E-state index in [2.05, 4.69) is 10.3 Å². The summed E-state index contributed by atoms with van der Waals surface area (Å²) in [5.74, 6) is -1.36. The molecule has 0 spiro atoms. The maximum atomic E-state index is 14.0. The lowest BCUT2D eigenvalue weighted by Gasteiger charge is -2.12. The summed E-state index contributed by atoms with van der Waals surface area (Å²) in [6, 6.07) is 13.2. The predicted octanol–water partition coefficient (Wildman–Crippen LogP) is 4.00. The number of nitrogens with one attached hydrogen (secondary N) is 1. The maximum Gasteiger partial charge on any atom is 0.282 e. The van der Waals surface area contributed by atoms with Gasteiger partial charge in [0.25, 0.3) is 11.8 Å². The fourth-order valence-corrected chi connectivity index (χ4v) is 4.73. The molecule has 0 unspecified atom stereocenters. The van der Waals surface area contributed by atoms with Crippen molar-refractivity contribution in [2.45, 2.75) is 39.3 Å². The molecule has 1 N–H and O–H groups in total. The van der Waals surface area contributed by atoms with Crippen LogP contribution in [0, 0.1) is 19.7 Å². The van der Waals surface area contributed by atoms with Crippen molar-refractivity contribution in [3.05, 3.63) is 86.4 Å². The van der Waals surface area contributed by atoms with Gasteiger partial charge in [-0.2, -0.15) is 4.99 Å². The molecule has 0 aliphatic carbocycles. The predicted molar refractivity (Wildman–Crippen MR) is 125 cm³/mol. The summed E-state index contributed by atoms with van der Waals surface area (Å²) in [6.07, 6.45) is 2.07. The highest BCUT2D eigenvalue weighted by molar-refractivity contribution is 7.09. The quantitative estimate of drug-likeness (QED) is 0.596. The normalized spacial score (nSPS) is 16.2. The second-order valence-corrected chi connectivity index (χ2v) is 9.24. The van der Waals surface area contributed by atoms with E-state index in [0.717, 1.165) is 35.6 Å². The van der Waals surface area contributed by atoms with Gasteiger partial charge in [0.1, 0.15) is 5.82 Å². The lowest BCUT2D eigenvalue weighted by Crippen LogP contribution is -2.31. The Labute approximate surface area is 195 Å². The van der Waals surface area contributed by atoms with Crippen LogP contribution in [-0.2, 0) is 11.3 Å². The van der Waals surface area contributed by atoms with E-state index in [1.54, 1.807) is 12.1 Å². The highest BCUT2D eigenvalue weighted by Gasteiger charge is 2.17. The van der Waals surface area contributed by atoms with Crippen molar-refractivity contribution in [1.29, 1.82) is 0 Å². The topological polar surface area (TPSA) is 72.7 Å². The Kier molecular flexibility index (Phi) is 7.15. The average Bonchev–Trinajstić information content (AvgIpc) is 3.42. The lowest BCUT2D eigenvalue weighted by molar-refractivity contribution is 0.0857. The molecule has 2 amide bonds. The van der Waals surface area contributed by atoms with Crippen LogP contribution in [0.15, 0.2) is 53.5 Å². The molecule has 1 aliphatic heterocycles. The molecule has 172 valence electrons. The molecule has 0 bridgehead atoms. The van der Waals surface area contributed by atoms with Gasteiger partial charge in [-0.3, -0.25) is 9.59 Å². The van der Waals surface area contributed by atoms with E-state index in [0.29, 0.717) is 23.5 Å². The molecule has 33 heavy (non-hydrogen) atoms. The van der Waals surface area contributed by atoms with Crippen molar-refractivity contribution in [2.75, 3.05) is 13.2 Å². The third-order valence-corrected chi connectivity index (χ3v) is 6.83. The molecule has 1 fully saturated rings. The first kappa shape index (κ1) is 23.1. The second-order valence-electron chi connectivity index (χ2n) is 8.05. The number of carbonyl (C=O) groups is 2. The highest BCUT2D eigenvalue weighted by Crippen LogP contribution is 2.15. The summed E-state index contributed by atoms with van der Waals surface area (Å²) in [5.41, 5.74) is 2.38. The van der Waals surface area contributed by atoms with Crippen LogP contribution in [0.4, 0.5) is 4.39 Å². The molecule has 2 heterocycles. The van der Waals surface area contributed by atoms with Gasteiger partial charge < -0.3 is 14.6 Å². The van der Waals surface area contributed by atoms with Crippen molar-refractivity contribution in [3.8, 4) is 0 Å². The van der Waals surface area contributed by atoms with Gasteiger partial charge in [0.2, 0.25) is 0 Å². The first-order chi connectivity index (χ1) is 15.9. The number of aryl methyl sites for hydroxylation is 1. The van der Waals surface area contributed by atoms with Crippen LogP contribution in [0.3, 0.4) is 0 Å². The van der Waals surface area contributed by atoms with Crippen LogP contribution in [0.5, 0.6) is 0 Å². The number of rotatable bonds is 6. The van der Waals surface area contributed by atoms with Crippen molar-refractivity contribution < 1.29 is 18.7 Å². The summed E-state index contributed by atoms with van der Waals surface area (Å²) in [4.78, 5) is 30.9. The maximum absolute atomic E-state index is 14.0. The molecular weight excluding hydrogens is 441 g/mol. The standard InChI is InChI=1S/C25H26FN3O3S/c1-16-17(2)33-25(28-24(31)21-10-3-4-11-22(21)26)29(16)15-18-7-5-8-19(13-18)23(30)27-14-20-9-6-12-32-20/h3-5,7-8,10-11,13,20H,6,9,12,14-15H2,1-2H3,(H,27,30)/t20-/m1/s1. The van der Waals surface area contributed by atoms with Crippen LogP contribution in [0.2, 0.25) is 0 Å². The molecule has 3 aromatic rings. The van der Waals surface area contributed by atoms with Crippen LogP contribution in [0.1, 0.15) is 49.7 Å². The zero-order valence-corrected chi connectivity index (χ0v) is 19.5. The fourth-order valence-electron chi connectivity index (χ4n) is 3.76. The van der Waals surface area contributed by atoms with Gasteiger partial charge in [0.05, 0.1) is 18.2 Å². The Hall–Kier alpha value is -3.10. The summed E-state index contributed by atoms with van der Waals surface area (Å²) in [7, 11) is 0. The number of carbonyl (C=O) groups excluding carboxylic acids is 2. The number of hydrogen-bond acceptors (Lipinski definition) is 4. The summed E-state index contributed by atoms with van der Waals surface area (Å²) < 4.78 is 21.5. The Morgan fingerprint density at radius 3 is 2.79 bits per heavy atom. The van der Waals surface area contributed by atoms with Crippen molar-refractivity contribution in [3.63, 3.8) is 0 Å². The molecule has 2 aromatic carbocycles. The number of aromatic nitrogens is 1. The molecule has 0 radical (unpaired) electrons. The minimum atomic E-state index is -0.620. The van der Waals surface area contributed by atoms with Gasteiger partial charge in [-0.25, -0.2) is 4.39 Å². The molecule has 6 nitrogen and oxygen atoms in total. The highest BCUT2D eigenvalue weighted by atomic mass is 32.1. The SMILES string of the molecule is Cc1sc(=NC(=O)c2ccccc2F)n(Cc2cccc(C(=O)NC[C@H]3CCCO3)c2)c1C. The van der Waals surface area contributed by atoms with Crippen LogP contribution in [0.25, 0.3) is 0 Å². The molecule has 1 aromatic heterocycles. The molecule has 8 heteroatoms. The third kappa shape index (κ3) is 5.46. The van der Waals surface area contributed by atoms with E-state index in [4.69, 9.17) is 4.74 Å². The van der Waals surface area contributed by atoms with Crippen LogP contribution < -0.4 is 10.1 Å². The van der Waals surface area contributed by atoms with Crippen LogP contribution >= 0.6 is 11.3 Å². The molecule has 0 saturated carbocycles. The fraction of sp³-hybridized carbons (Fsp3) is 0.320. The molecule has 1 aliphatic rings. The number of hydrogen-bond donors (Lipinski definition) is 1. The Balaban J connectivity index is 1.56. The zero-order valence-electron chi connectivity index (χ0n) is 18.6. The summed E-state index contributed by atoms with van der Waals surface area (Å²) >= 11 is 1.38. The number of ether oxygens (including phenoxy) is 1. The van der Waals surface area contributed by atoms with E-state index in [9.17, 15) is 14.0 Å². The van der Waals surface area contributed by atoms with E-state index in [1.807, 2.05) is 36.6 Å². The van der Waals surface area contributed by atoms with E-state index < -0.39 is 11.7 Å². The van der Waals surface area contributed by atoms with E-state index in [1.165, 1.54) is 29.5 Å². The summed E-state index contributed by atoms with van der Waals surface area (Å²) in [6.45, 7) is 5.60. The minimum absolute atomic E-state index is 0.0577. The van der Waals surface area contributed by atoms with Gasteiger partial charge in [-0.05, 0) is 56.5 Å². The van der Waals surface area contributed by atoms with Crippen LogP contribution in [-0.4, -0.2) is 35.6 Å². The second kappa shape index (κ2) is 10.2. The minimum Gasteiger partial charge on any atom is -0.376 e. The Morgan fingerprint density at radius 1 is 1.21 bits per heavy atom. The average molecular weight is 468 g/mol. The van der Waals surface area contributed by atoms with E-state index >= 15 is 0 Å². The van der Waals surface area contributed by atoms with Gasteiger partial charge in [-0.1, -0.05) is 24.3 Å². The van der Waals surface area contributed by atoms with Crippen molar-refractivity contribution in [1.82, 2.24) is 9.88 Å². The van der Waals surface area contributed by atoms with E-state index in [-0.39, 0.29) is 17.6 Å². The number of halogens is 1. The zero-order chi connectivity index (χ0) is 23.4. The van der Waals surface area contributed by atoms with Gasteiger partial charge in [-0.15, -0.1) is 11.3 Å². The third-order valence-electron chi connectivity index (χ3n) is 5.74. The van der Waals surface area contributed by atoms with Gasteiger partial charge >= 0.3 is 0 Å². The number of thiazole rings is 1. The molecule has 1 atom stereocenters. The largest absolute Gasteiger partial charge is 0.376 e. The summed E-state index contributed by atoms with van der Waals surface area (Å²) in [5, 5.41) is 2.94. The van der Waals surface area contributed by atoms with Crippen molar-refractivity contribution >= 4 is 23.2 Å². The monoisotopic (exact) mass is 467 g/mol. The van der Waals surface area contributed by atoms with Crippen molar-refractivity contribution in [2.24, 2.45) is 4.99 Å². The molecule has 1 saturated heterocycles. The van der Waals surface area contributed by atoms with Gasteiger partial charge in [0, 0.05) is 29.3 Å². The number of amides is 2. The molecule has 4 rings (SSSR count). The number of benzene rings is 2. The first-order valence-electron chi connectivity index (χ1n) is 10.9. The first-order valence-corrected chi connectivity index (χ1v) is 11.7. The Morgan fingerprint density at radius 2 is 2.03 bits per heavy atom. The molecular formula is C25H26FN3O3S.